The number of ketones is 2. The van der Waals surface area contributed by atoms with Gasteiger partial charge in [0.2, 0.25) is 0 Å². The molecule has 0 spiro atoms. The molecule has 0 unspecified atom stereocenters. The molecule has 1 aromatic carbocycles. The lowest BCUT2D eigenvalue weighted by atomic mass is 9.40. The highest BCUT2D eigenvalue weighted by molar-refractivity contribution is 6.32. The molecule has 3 aliphatic rings. The van der Waals surface area contributed by atoms with Gasteiger partial charge in [-0.2, -0.15) is 0 Å². The molecular weight excluding hydrogens is 476 g/mol. The number of amides is 1. The molecule has 9 nitrogen and oxygen atoms in total. The number of aliphatic hydroxyl groups excluding tert-OH is 3. The molecular formula is C25H29ClN2O7. The summed E-state index contributed by atoms with van der Waals surface area (Å²) in [5.74, 6) is -5.27. The Morgan fingerprint density at radius 2 is 1.77 bits per heavy atom. The maximum absolute atomic E-state index is 14.3. The Hall–Kier alpha value is -2.88. The number of carbonyl (C=O) groups excluding carboxylic acids is 3. The van der Waals surface area contributed by atoms with Gasteiger partial charge in [-0.1, -0.05) is 25.4 Å². The summed E-state index contributed by atoms with van der Waals surface area (Å²) in [6, 6.07) is 2.62. The van der Waals surface area contributed by atoms with Crippen molar-refractivity contribution in [3.63, 3.8) is 0 Å². The molecule has 0 bridgehead atoms. The summed E-state index contributed by atoms with van der Waals surface area (Å²) in [5, 5.41) is 44.7. The molecule has 4 rings (SSSR count). The number of Topliss-reactive ketones (excluding diaryl/α,β-unsaturated/α-hetero) is 2. The number of nitrogens with zero attached hydrogens (tertiary/aromatic N) is 1. The van der Waals surface area contributed by atoms with Crippen molar-refractivity contribution in [1.29, 1.82) is 0 Å². The standard InChI is InChI=1S/C25H29ClN2O7/c1-23-9-24(2)10(8-28(4)5)17(30)15(22(27)35)20(33)25(24,3)21(34)16(23)18(31)14-12(29)7-6-11(26)13(14)19(23)32/h6-7,10,19,29,31-33H,8-9H2,1-5H3,(H2,27,35)/t10-,19-,23+,24+,25+/m1/s1. The largest absolute Gasteiger partial charge is 0.510 e. The van der Waals surface area contributed by atoms with Crippen LogP contribution in [-0.4, -0.2) is 63.4 Å². The van der Waals surface area contributed by atoms with Crippen LogP contribution in [0.3, 0.4) is 0 Å². The summed E-state index contributed by atoms with van der Waals surface area (Å²) in [5.41, 5.74) is -0.0650. The molecule has 1 fully saturated rings. The fourth-order valence-corrected chi connectivity index (χ4v) is 6.78. The monoisotopic (exact) mass is 504 g/mol. The van der Waals surface area contributed by atoms with E-state index in [0.29, 0.717) is 0 Å². The number of aromatic hydroxyl groups is 1. The first-order valence-electron chi connectivity index (χ1n) is 11.2. The number of phenols is 1. The van der Waals surface area contributed by atoms with Crippen molar-refractivity contribution >= 4 is 34.8 Å². The van der Waals surface area contributed by atoms with Crippen LogP contribution in [-0.2, 0) is 14.4 Å². The SMILES string of the molecule is CN(C)C[C@@H]1C(=O)C(C(N)=O)=C(O)[C@@]2(C)C(=O)C3=C(O)c4c(O)ccc(Cl)c4[C@@H](O)[C@@]3(C)C[C@@]12C. The smallest absolute Gasteiger partial charge is 0.255 e. The second-order valence-electron chi connectivity index (χ2n) is 10.7. The molecule has 1 amide bonds. The first-order valence-corrected chi connectivity index (χ1v) is 11.5. The van der Waals surface area contributed by atoms with E-state index in [4.69, 9.17) is 17.3 Å². The van der Waals surface area contributed by atoms with E-state index in [9.17, 15) is 34.8 Å². The molecule has 6 N–H and O–H groups in total. The number of phenolic OH excluding ortho intramolecular Hbond substituents is 1. The fraction of sp³-hybridized carbons (Fsp3) is 0.480. The third-order valence-corrected chi connectivity index (χ3v) is 8.82. The van der Waals surface area contributed by atoms with Gasteiger partial charge in [-0.15, -0.1) is 0 Å². The Morgan fingerprint density at radius 3 is 2.31 bits per heavy atom. The van der Waals surface area contributed by atoms with Gasteiger partial charge in [0.15, 0.2) is 11.6 Å². The Morgan fingerprint density at radius 1 is 1.17 bits per heavy atom. The van der Waals surface area contributed by atoms with Crippen LogP contribution in [0.4, 0.5) is 0 Å². The molecule has 0 radical (unpaired) electrons. The Kier molecular flexibility index (Phi) is 5.45. The van der Waals surface area contributed by atoms with Gasteiger partial charge >= 0.3 is 0 Å². The number of nitrogens with two attached hydrogens (primary N) is 1. The highest BCUT2D eigenvalue weighted by Crippen LogP contribution is 2.69. The summed E-state index contributed by atoms with van der Waals surface area (Å²) in [4.78, 5) is 41.8. The van der Waals surface area contributed by atoms with Crippen molar-refractivity contribution in [2.24, 2.45) is 27.9 Å². The summed E-state index contributed by atoms with van der Waals surface area (Å²) >= 11 is 6.35. The molecule has 0 heterocycles. The zero-order chi connectivity index (χ0) is 26.4. The lowest BCUT2D eigenvalue weighted by molar-refractivity contribution is -0.159. The number of primary amides is 1. The zero-order valence-electron chi connectivity index (χ0n) is 20.1. The molecule has 10 heteroatoms. The van der Waals surface area contributed by atoms with Crippen LogP contribution in [0.2, 0.25) is 5.02 Å². The molecule has 35 heavy (non-hydrogen) atoms. The normalized spacial score (nSPS) is 34.6. The third-order valence-electron chi connectivity index (χ3n) is 8.49. The van der Waals surface area contributed by atoms with Crippen LogP contribution in [0.25, 0.3) is 5.76 Å². The maximum atomic E-state index is 14.3. The second-order valence-corrected chi connectivity index (χ2v) is 11.1. The molecule has 5 atom stereocenters. The van der Waals surface area contributed by atoms with E-state index in [1.807, 2.05) is 0 Å². The van der Waals surface area contributed by atoms with Gasteiger partial charge in [0.1, 0.15) is 22.8 Å². The van der Waals surface area contributed by atoms with Gasteiger partial charge in [-0.05, 0) is 45.0 Å². The molecule has 1 aromatic rings. The number of hydrogen-bond donors (Lipinski definition) is 5. The molecule has 0 aromatic heterocycles. The number of fused-ring (bicyclic) bond motifs is 3. The van der Waals surface area contributed by atoms with Gasteiger partial charge in [0.25, 0.3) is 5.91 Å². The lowest BCUT2D eigenvalue weighted by Crippen LogP contribution is -2.65. The average Bonchev–Trinajstić information content (AvgIpc) is 2.74. The second kappa shape index (κ2) is 7.56. The Balaban J connectivity index is 2.11. The molecule has 3 aliphatic carbocycles. The molecule has 0 saturated heterocycles. The molecule has 1 saturated carbocycles. The van der Waals surface area contributed by atoms with E-state index in [-0.39, 0.29) is 40.4 Å². The minimum Gasteiger partial charge on any atom is -0.510 e. The van der Waals surface area contributed by atoms with E-state index in [2.05, 4.69) is 0 Å². The first-order chi connectivity index (χ1) is 16.1. The van der Waals surface area contributed by atoms with Crippen molar-refractivity contribution < 1.29 is 34.8 Å². The van der Waals surface area contributed by atoms with E-state index in [1.54, 1.807) is 32.8 Å². The number of hydrogen-bond acceptors (Lipinski definition) is 8. The van der Waals surface area contributed by atoms with E-state index in [1.165, 1.54) is 19.1 Å². The van der Waals surface area contributed by atoms with Crippen molar-refractivity contribution in [1.82, 2.24) is 4.90 Å². The number of carbonyl (C=O) groups is 3. The minimum atomic E-state index is -1.83. The van der Waals surface area contributed by atoms with Crippen molar-refractivity contribution in [2.75, 3.05) is 20.6 Å². The third kappa shape index (κ3) is 2.92. The highest BCUT2D eigenvalue weighted by Gasteiger charge is 2.71. The molecule has 0 aliphatic heterocycles. The quantitative estimate of drug-likeness (QED) is 0.392. The van der Waals surface area contributed by atoms with Gasteiger partial charge in [0, 0.05) is 34.0 Å². The van der Waals surface area contributed by atoms with Gasteiger partial charge in [-0.25, -0.2) is 0 Å². The van der Waals surface area contributed by atoms with Crippen LogP contribution in [0.5, 0.6) is 5.75 Å². The Labute approximate surface area is 207 Å². The summed E-state index contributed by atoms with van der Waals surface area (Å²) < 4.78 is 0. The van der Waals surface area contributed by atoms with Crippen molar-refractivity contribution in [2.45, 2.75) is 33.3 Å². The van der Waals surface area contributed by atoms with E-state index < -0.39 is 62.8 Å². The fourth-order valence-electron chi connectivity index (χ4n) is 6.52. The van der Waals surface area contributed by atoms with Crippen LogP contribution >= 0.6 is 11.6 Å². The number of allylic oxidation sites excluding steroid dienone is 1. The number of halogens is 1. The van der Waals surface area contributed by atoms with Crippen molar-refractivity contribution in [3.05, 3.63) is 45.2 Å². The van der Waals surface area contributed by atoms with Crippen LogP contribution in [0.1, 0.15) is 44.4 Å². The number of rotatable bonds is 3. The number of aliphatic hydroxyl groups is 3. The van der Waals surface area contributed by atoms with Gasteiger partial charge < -0.3 is 31.1 Å². The minimum absolute atomic E-state index is 0.0332. The van der Waals surface area contributed by atoms with E-state index in [0.717, 1.165) is 0 Å². The van der Waals surface area contributed by atoms with Crippen LogP contribution < -0.4 is 5.73 Å². The average molecular weight is 505 g/mol. The molecule has 188 valence electrons. The van der Waals surface area contributed by atoms with E-state index >= 15 is 0 Å². The summed E-state index contributed by atoms with van der Waals surface area (Å²) in [6.07, 6.45) is -1.46. The predicted octanol–water partition coefficient (Wildman–Crippen LogP) is 2.41. The summed E-state index contributed by atoms with van der Waals surface area (Å²) in [7, 11) is 3.46. The maximum Gasteiger partial charge on any atom is 0.255 e. The zero-order valence-corrected chi connectivity index (χ0v) is 20.9. The van der Waals surface area contributed by atoms with Gasteiger partial charge in [0.05, 0.1) is 17.1 Å². The predicted molar refractivity (Wildman–Crippen MR) is 127 cm³/mol. The highest BCUT2D eigenvalue weighted by atomic mass is 35.5. The summed E-state index contributed by atoms with van der Waals surface area (Å²) in [6.45, 7) is 4.80. The van der Waals surface area contributed by atoms with Crippen LogP contribution in [0.15, 0.2) is 29.0 Å². The number of benzene rings is 1. The topological polar surface area (TPSA) is 161 Å². The van der Waals surface area contributed by atoms with Gasteiger partial charge in [-0.3, -0.25) is 14.4 Å². The first kappa shape index (κ1) is 25.2. The van der Waals surface area contributed by atoms with Crippen molar-refractivity contribution in [3.8, 4) is 5.75 Å². The van der Waals surface area contributed by atoms with Crippen LogP contribution in [0, 0.1) is 22.2 Å². The Bertz CT molecular complexity index is 1270. The lowest BCUT2D eigenvalue weighted by Gasteiger charge is -2.61.